The van der Waals surface area contributed by atoms with E-state index in [0.717, 1.165) is 10.8 Å². The summed E-state index contributed by atoms with van der Waals surface area (Å²) in [4.78, 5) is 23.3. The molecule has 3 aromatic rings. The number of carbonyl (C=O) groups excluding carboxylic acids is 2. The molecule has 2 amide bonds. The van der Waals surface area contributed by atoms with Crippen molar-refractivity contribution in [2.24, 2.45) is 10.8 Å². The average molecular weight is 363 g/mol. The fourth-order valence-corrected chi connectivity index (χ4v) is 2.54. The second-order valence-corrected chi connectivity index (χ2v) is 5.55. The van der Waals surface area contributed by atoms with Crippen LogP contribution >= 0.6 is 0 Å². The molecule has 0 aliphatic heterocycles. The van der Waals surface area contributed by atoms with Crippen LogP contribution in [-0.2, 0) is 0 Å². The van der Waals surface area contributed by atoms with E-state index in [-0.39, 0.29) is 0 Å². The smallest absolute Gasteiger partial charge is 0.343 e. The number of hydrogen-bond donors (Lipinski definition) is 2. The van der Waals surface area contributed by atoms with E-state index in [1.54, 1.807) is 37.4 Å². The van der Waals surface area contributed by atoms with Crippen LogP contribution in [0.5, 0.6) is 11.5 Å². The molecule has 0 aromatic heterocycles. The van der Waals surface area contributed by atoms with Gasteiger partial charge in [-0.05, 0) is 41.1 Å². The van der Waals surface area contributed by atoms with Crippen LogP contribution in [-0.4, -0.2) is 25.3 Å². The highest BCUT2D eigenvalue weighted by molar-refractivity contribution is 6.04. The van der Waals surface area contributed by atoms with Crippen molar-refractivity contribution < 1.29 is 19.1 Å². The second-order valence-electron chi connectivity index (χ2n) is 5.55. The molecule has 0 fully saturated rings. The van der Waals surface area contributed by atoms with Gasteiger partial charge in [-0.15, -0.1) is 0 Å². The summed E-state index contributed by atoms with van der Waals surface area (Å²) in [6, 6.07) is 16.9. The minimum absolute atomic E-state index is 0.310. The largest absolute Gasteiger partial charge is 0.497 e. The molecule has 0 bridgehead atoms. The molecule has 0 unspecified atom stereocenters. The van der Waals surface area contributed by atoms with Gasteiger partial charge < -0.3 is 15.2 Å². The number of nitrogens with two attached hydrogens (primary N) is 1. The predicted molar refractivity (Wildman–Crippen MR) is 102 cm³/mol. The number of hydrazone groups is 1. The first-order chi connectivity index (χ1) is 13.1. The number of esters is 1. The van der Waals surface area contributed by atoms with E-state index in [1.165, 1.54) is 6.21 Å². The van der Waals surface area contributed by atoms with Crippen LogP contribution in [0.15, 0.2) is 65.8 Å². The molecule has 136 valence electrons. The van der Waals surface area contributed by atoms with Crippen molar-refractivity contribution in [1.82, 2.24) is 5.43 Å². The van der Waals surface area contributed by atoms with Gasteiger partial charge in [0, 0.05) is 5.56 Å². The van der Waals surface area contributed by atoms with E-state index in [0.29, 0.717) is 22.6 Å². The Balaban J connectivity index is 1.95. The number of amides is 2. The van der Waals surface area contributed by atoms with Gasteiger partial charge in [-0.25, -0.2) is 15.0 Å². The average Bonchev–Trinajstić information content (AvgIpc) is 2.69. The summed E-state index contributed by atoms with van der Waals surface area (Å²) in [5, 5.41) is 5.54. The molecule has 0 aliphatic rings. The van der Waals surface area contributed by atoms with Gasteiger partial charge in [0.25, 0.3) is 0 Å². The number of ether oxygens (including phenoxy) is 2. The third-order valence-corrected chi connectivity index (χ3v) is 3.83. The molecule has 3 aromatic carbocycles. The SMILES string of the molecule is COc1ccc(C(=O)Oc2ccc3ccccc3c2/C=N\NC(N)=O)cc1. The molecule has 3 N–H and O–H groups in total. The number of urea groups is 1. The fourth-order valence-electron chi connectivity index (χ4n) is 2.54. The van der Waals surface area contributed by atoms with Gasteiger partial charge in [0.2, 0.25) is 0 Å². The molecular formula is C20H17N3O4. The van der Waals surface area contributed by atoms with Gasteiger partial charge >= 0.3 is 12.0 Å². The number of methoxy groups -OCH3 is 1. The van der Waals surface area contributed by atoms with Gasteiger partial charge in [-0.2, -0.15) is 5.10 Å². The first kappa shape index (κ1) is 17.9. The van der Waals surface area contributed by atoms with Crippen LogP contribution in [0.2, 0.25) is 0 Å². The molecule has 7 nitrogen and oxygen atoms in total. The highest BCUT2D eigenvalue weighted by atomic mass is 16.5. The second kappa shape index (κ2) is 8.01. The number of nitrogens with one attached hydrogen (secondary N) is 1. The number of fused-ring (bicyclic) bond motifs is 1. The van der Waals surface area contributed by atoms with Crippen LogP contribution in [0.3, 0.4) is 0 Å². The minimum Gasteiger partial charge on any atom is -0.497 e. The van der Waals surface area contributed by atoms with E-state index < -0.39 is 12.0 Å². The Morgan fingerprint density at radius 3 is 2.48 bits per heavy atom. The van der Waals surface area contributed by atoms with E-state index in [4.69, 9.17) is 15.2 Å². The summed E-state index contributed by atoms with van der Waals surface area (Å²) in [7, 11) is 1.55. The Morgan fingerprint density at radius 1 is 1.04 bits per heavy atom. The Kier molecular flexibility index (Phi) is 5.32. The molecule has 0 heterocycles. The lowest BCUT2D eigenvalue weighted by Crippen LogP contribution is -2.24. The Labute approximate surface area is 155 Å². The van der Waals surface area contributed by atoms with Gasteiger partial charge in [-0.3, -0.25) is 0 Å². The summed E-state index contributed by atoms with van der Waals surface area (Å²) in [6.07, 6.45) is 1.39. The van der Waals surface area contributed by atoms with Crippen LogP contribution in [0.1, 0.15) is 15.9 Å². The first-order valence-corrected chi connectivity index (χ1v) is 8.05. The number of carbonyl (C=O) groups is 2. The number of hydrogen-bond acceptors (Lipinski definition) is 5. The number of benzene rings is 3. The van der Waals surface area contributed by atoms with Crippen LogP contribution in [0, 0.1) is 0 Å². The predicted octanol–water partition coefficient (Wildman–Crippen LogP) is 3.07. The zero-order valence-corrected chi connectivity index (χ0v) is 14.5. The Hall–Kier alpha value is -3.87. The lowest BCUT2D eigenvalue weighted by atomic mass is 10.0. The molecule has 27 heavy (non-hydrogen) atoms. The standard InChI is InChI=1S/C20H17N3O4/c1-26-15-9-6-14(7-10-15)19(24)27-18-11-8-13-4-2-3-5-16(13)17(18)12-22-23-20(21)25/h2-12H,1H3,(H3,21,23,25)/b22-12-. The van der Waals surface area contributed by atoms with E-state index in [2.05, 4.69) is 10.5 Å². The fraction of sp³-hybridized carbons (Fsp3) is 0.0500. The highest BCUT2D eigenvalue weighted by Crippen LogP contribution is 2.27. The van der Waals surface area contributed by atoms with Crippen LogP contribution < -0.4 is 20.6 Å². The normalized spacial score (nSPS) is 10.7. The van der Waals surface area contributed by atoms with E-state index in [9.17, 15) is 9.59 Å². The highest BCUT2D eigenvalue weighted by Gasteiger charge is 2.13. The molecule has 0 saturated carbocycles. The van der Waals surface area contributed by atoms with Crippen LogP contribution in [0.4, 0.5) is 4.79 Å². The monoisotopic (exact) mass is 363 g/mol. The molecule has 0 aliphatic carbocycles. The third kappa shape index (κ3) is 4.21. The summed E-state index contributed by atoms with van der Waals surface area (Å²) in [5.74, 6) is 0.428. The van der Waals surface area contributed by atoms with E-state index >= 15 is 0 Å². The molecule has 0 spiro atoms. The first-order valence-electron chi connectivity index (χ1n) is 8.05. The molecule has 7 heteroatoms. The minimum atomic E-state index is -0.789. The van der Waals surface area contributed by atoms with Crippen molar-refractivity contribution in [3.63, 3.8) is 0 Å². The maximum atomic E-state index is 12.5. The summed E-state index contributed by atoms with van der Waals surface area (Å²) < 4.78 is 10.6. The molecule has 0 radical (unpaired) electrons. The molecule has 0 saturated heterocycles. The zero-order valence-electron chi connectivity index (χ0n) is 14.5. The van der Waals surface area contributed by atoms with Crippen molar-refractivity contribution in [2.75, 3.05) is 7.11 Å². The van der Waals surface area contributed by atoms with Crippen molar-refractivity contribution in [2.45, 2.75) is 0 Å². The Bertz CT molecular complexity index is 1010. The summed E-state index contributed by atoms with van der Waals surface area (Å²) in [6.45, 7) is 0. The zero-order chi connectivity index (χ0) is 19.2. The topological polar surface area (TPSA) is 103 Å². The van der Waals surface area contributed by atoms with Crippen LogP contribution in [0.25, 0.3) is 10.8 Å². The van der Waals surface area contributed by atoms with Gasteiger partial charge in [0.05, 0.1) is 18.9 Å². The molecule has 3 rings (SSSR count). The molecule has 0 atom stereocenters. The van der Waals surface area contributed by atoms with Gasteiger partial charge in [-0.1, -0.05) is 30.3 Å². The van der Waals surface area contributed by atoms with Crippen molar-refractivity contribution in [1.29, 1.82) is 0 Å². The Morgan fingerprint density at radius 2 is 1.78 bits per heavy atom. The third-order valence-electron chi connectivity index (χ3n) is 3.83. The van der Waals surface area contributed by atoms with Gasteiger partial charge in [0.1, 0.15) is 11.5 Å². The summed E-state index contributed by atoms with van der Waals surface area (Å²) >= 11 is 0. The lowest BCUT2D eigenvalue weighted by Gasteiger charge is -2.10. The van der Waals surface area contributed by atoms with Crippen molar-refractivity contribution >= 4 is 29.0 Å². The number of nitrogens with zero attached hydrogens (tertiary/aromatic N) is 1. The lowest BCUT2D eigenvalue weighted by molar-refractivity contribution is 0.0734. The maximum absolute atomic E-state index is 12.5. The maximum Gasteiger partial charge on any atom is 0.343 e. The van der Waals surface area contributed by atoms with Crippen molar-refractivity contribution in [3.8, 4) is 11.5 Å². The van der Waals surface area contributed by atoms with Crippen molar-refractivity contribution in [3.05, 3.63) is 71.8 Å². The quantitative estimate of drug-likeness (QED) is 0.315. The number of rotatable bonds is 5. The van der Waals surface area contributed by atoms with Gasteiger partial charge in [0.15, 0.2) is 0 Å². The number of primary amides is 1. The van der Waals surface area contributed by atoms with E-state index in [1.807, 2.05) is 30.3 Å². The summed E-state index contributed by atoms with van der Waals surface area (Å²) in [5.41, 5.74) is 8.09. The molecular weight excluding hydrogens is 346 g/mol.